The van der Waals surface area contributed by atoms with E-state index in [1.807, 2.05) is 0 Å². The van der Waals surface area contributed by atoms with Gasteiger partial charge in [0.25, 0.3) is 0 Å². The number of aliphatic carboxylic acids is 2. The molecule has 0 saturated heterocycles. The summed E-state index contributed by atoms with van der Waals surface area (Å²) in [5, 5.41) is 25.4. The molecule has 0 aromatic heterocycles. The Kier molecular flexibility index (Phi) is 3.55. The van der Waals surface area contributed by atoms with Crippen molar-refractivity contribution >= 4 is 11.9 Å². The Morgan fingerprint density at radius 2 is 1.67 bits per heavy atom. The molecule has 0 radical (unpaired) electrons. The standard InChI is InChI=1S/C7H8O5/c1-2-3-4(6(9)10)5(8)7(11)12/h2,8H,1,3H2,(H,9,10)(H,11,12)/b5-4+. The van der Waals surface area contributed by atoms with Crippen molar-refractivity contribution in [3.05, 3.63) is 24.0 Å². The molecule has 0 aliphatic heterocycles. The van der Waals surface area contributed by atoms with E-state index in [1.165, 1.54) is 6.08 Å². The molecule has 0 bridgehead atoms. The number of carboxylic acids is 2. The molecule has 5 heteroatoms. The Morgan fingerprint density at radius 3 is 1.92 bits per heavy atom. The van der Waals surface area contributed by atoms with Crippen LogP contribution in [0.1, 0.15) is 6.42 Å². The minimum atomic E-state index is -1.66. The molecule has 5 nitrogen and oxygen atoms in total. The third-order valence-electron chi connectivity index (χ3n) is 1.10. The molecule has 0 aliphatic rings. The predicted molar refractivity (Wildman–Crippen MR) is 39.7 cm³/mol. The van der Waals surface area contributed by atoms with Gasteiger partial charge in [-0.25, -0.2) is 9.59 Å². The summed E-state index contributed by atoms with van der Waals surface area (Å²) < 4.78 is 0. The molecule has 0 aliphatic carbocycles. The largest absolute Gasteiger partial charge is 0.501 e. The summed E-state index contributed by atoms with van der Waals surface area (Å²) in [6, 6.07) is 0. The van der Waals surface area contributed by atoms with Crippen molar-refractivity contribution in [2.24, 2.45) is 0 Å². The summed E-state index contributed by atoms with van der Waals surface area (Å²) in [5.41, 5.74) is -0.572. The number of aliphatic hydroxyl groups excluding tert-OH is 1. The minimum absolute atomic E-state index is 0.187. The average Bonchev–Trinajstić information content (AvgIpc) is 1.98. The van der Waals surface area contributed by atoms with Crippen molar-refractivity contribution in [3.63, 3.8) is 0 Å². The van der Waals surface area contributed by atoms with Crippen molar-refractivity contribution in [1.82, 2.24) is 0 Å². The Hall–Kier alpha value is -1.78. The first-order chi connectivity index (χ1) is 5.50. The Labute approximate surface area is 68.3 Å². The maximum atomic E-state index is 10.3. The van der Waals surface area contributed by atoms with E-state index in [1.54, 1.807) is 0 Å². The number of aliphatic hydroxyl groups is 1. The lowest BCUT2D eigenvalue weighted by atomic mass is 10.1. The van der Waals surface area contributed by atoms with E-state index in [9.17, 15) is 9.59 Å². The van der Waals surface area contributed by atoms with Crippen molar-refractivity contribution in [2.45, 2.75) is 6.42 Å². The quantitative estimate of drug-likeness (QED) is 0.327. The molecular formula is C7H8O5. The van der Waals surface area contributed by atoms with E-state index in [-0.39, 0.29) is 6.42 Å². The van der Waals surface area contributed by atoms with Crippen LogP contribution in [0.3, 0.4) is 0 Å². The highest BCUT2D eigenvalue weighted by Gasteiger charge is 2.17. The second-order valence-corrected chi connectivity index (χ2v) is 1.93. The normalized spacial score (nSPS) is 11.7. The summed E-state index contributed by atoms with van der Waals surface area (Å²) in [7, 11) is 0. The lowest BCUT2D eigenvalue weighted by Gasteiger charge is -1.98. The Bertz CT molecular complexity index is 251. The van der Waals surface area contributed by atoms with Crippen LogP contribution in [-0.2, 0) is 9.59 Å². The van der Waals surface area contributed by atoms with Crippen molar-refractivity contribution < 1.29 is 24.9 Å². The van der Waals surface area contributed by atoms with Gasteiger partial charge >= 0.3 is 11.9 Å². The molecule has 66 valence electrons. The lowest BCUT2D eigenvalue weighted by Crippen LogP contribution is -2.10. The van der Waals surface area contributed by atoms with Gasteiger partial charge in [-0.1, -0.05) is 6.08 Å². The van der Waals surface area contributed by atoms with E-state index in [0.717, 1.165) is 0 Å². The SMILES string of the molecule is C=CC/C(C(=O)O)=C(\O)C(=O)O. The van der Waals surface area contributed by atoms with Crippen LogP contribution in [0.15, 0.2) is 24.0 Å². The second kappa shape index (κ2) is 4.17. The first-order valence-corrected chi connectivity index (χ1v) is 3.00. The zero-order valence-corrected chi connectivity index (χ0v) is 6.15. The van der Waals surface area contributed by atoms with E-state index in [4.69, 9.17) is 15.3 Å². The molecule has 0 fully saturated rings. The van der Waals surface area contributed by atoms with Gasteiger partial charge in [0.2, 0.25) is 5.76 Å². The van der Waals surface area contributed by atoms with Gasteiger partial charge in [0.05, 0.1) is 5.57 Å². The fraction of sp³-hybridized carbons (Fsp3) is 0.143. The zero-order valence-electron chi connectivity index (χ0n) is 6.15. The number of hydrogen-bond donors (Lipinski definition) is 3. The minimum Gasteiger partial charge on any atom is -0.501 e. The Balaban J connectivity index is 4.92. The molecular weight excluding hydrogens is 164 g/mol. The molecule has 0 amide bonds. The van der Waals surface area contributed by atoms with Gasteiger partial charge in [-0.2, -0.15) is 0 Å². The summed E-state index contributed by atoms with van der Waals surface area (Å²) in [5.74, 6) is -4.27. The fourth-order valence-corrected chi connectivity index (χ4v) is 0.559. The molecule has 3 N–H and O–H groups in total. The van der Waals surface area contributed by atoms with Gasteiger partial charge in [-0.3, -0.25) is 0 Å². The van der Waals surface area contributed by atoms with Gasteiger partial charge < -0.3 is 15.3 Å². The summed E-state index contributed by atoms with van der Waals surface area (Å²) >= 11 is 0. The lowest BCUT2D eigenvalue weighted by molar-refractivity contribution is -0.138. The number of hydrogen-bond acceptors (Lipinski definition) is 3. The molecule has 0 aromatic carbocycles. The third kappa shape index (κ3) is 2.45. The van der Waals surface area contributed by atoms with Gasteiger partial charge in [-0.15, -0.1) is 6.58 Å². The summed E-state index contributed by atoms with van der Waals surface area (Å²) in [6.07, 6.45) is 1.01. The Morgan fingerprint density at radius 1 is 1.17 bits per heavy atom. The van der Waals surface area contributed by atoms with E-state index in [2.05, 4.69) is 6.58 Å². The first kappa shape index (κ1) is 10.2. The van der Waals surface area contributed by atoms with E-state index < -0.39 is 23.3 Å². The van der Waals surface area contributed by atoms with E-state index >= 15 is 0 Å². The van der Waals surface area contributed by atoms with Crippen LogP contribution in [0.25, 0.3) is 0 Å². The van der Waals surface area contributed by atoms with Crippen LogP contribution >= 0.6 is 0 Å². The summed E-state index contributed by atoms with van der Waals surface area (Å²) in [6.45, 7) is 3.22. The van der Waals surface area contributed by atoms with Crippen molar-refractivity contribution in [1.29, 1.82) is 0 Å². The zero-order chi connectivity index (χ0) is 9.72. The van der Waals surface area contributed by atoms with Crippen LogP contribution in [0.2, 0.25) is 0 Å². The summed E-state index contributed by atoms with van der Waals surface area (Å²) in [4.78, 5) is 20.4. The topological polar surface area (TPSA) is 94.8 Å². The maximum absolute atomic E-state index is 10.3. The molecule has 0 saturated carbocycles. The molecule has 0 rings (SSSR count). The maximum Gasteiger partial charge on any atom is 0.371 e. The van der Waals surface area contributed by atoms with Gasteiger partial charge in [0.15, 0.2) is 0 Å². The molecule has 0 unspecified atom stereocenters. The van der Waals surface area contributed by atoms with E-state index in [0.29, 0.717) is 0 Å². The fourth-order valence-electron chi connectivity index (χ4n) is 0.559. The van der Waals surface area contributed by atoms with Gasteiger partial charge in [0.1, 0.15) is 0 Å². The number of allylic oxidation sites excluding steroid dienone is 1. The van der Waals surface area contributed by atoms with Crippen LogP contribution in [0.4, 0.5) is 0 Å². The molecule has 0 atom stereocenters. The molecule has 0 spiro atoms. The van der Waals surface area contributed by atoms with Gasteiger partial charge in [0, 0.05) is 6.42 Å². The first-order valence-electron chi connectivity index (χ1n) is 3.00. The van der Waals surface area contributed by atoms with Crippen molar-refractivity contribution in [3.8, 4) is 0 Å². The van der Waals surface area contributed by atoms with Crippen LogP contribution in [-0.4, -0.2) is 27.3 Å². The molecule has 0 heterocycles. The average molecular weight is 172 g/mol. The van der Waals surface area contributed by atoms with Crippen LogP contribution in [0, 0.1) is 0 Å². The third-order valence-corrected chi connectivity index (χ3v) is 1.10. The molecule has 0 aromatic rings. The highest BCUT2D eigenvalue weighted by atomic mass is 16.4. The van der Waals surface area contributed by atoms with Crippen molar-refractivity contribution in [2.75, 3.05) is 0 Å². The second-order valence-electron chi connectivity index (χ2n) is 1.93. The highest BCUT2D eigenvalue weighted by molar-refractivity contribution is 5.97. The smallest absolute Gasteiger partial charge is 0.371 e. The highest BCUT2D eigenvalue weighted by Crippen LogP contribution is 2.07. The van der Waals surface area contributed by atoms with Gasteiger partial charge in [-0.05, 0) is 0 Å². The number of carboxylic acid groups (broad SMARTS) is 2. The monoisotopic (exact) mass is 172 g/mol. The van der Waals surface area contributed by atoms with Crippen LogP contribution < -0.4 is 0 Å². The predicted octanol–water partition coefficient (Wildman–Crippen LogP) is 0.544. The number of rotatable bonds is 4. The van der Waals surface area contributed by atoms with Crippen LogP contribution in [0.5, 0.6) is 0 Å². The molecule has 12 heavy (non-hydrogen) atoms. The number of carbonyl (C=O) groups is 2.